The summed E-state index contributed by atoms with van der Waals surface area (Å²) in [6.45, 7) is 8.61. The lowest BCUT2D eigenvalue weighted by molar-refractivity contribution is -0.136. The van der Waals surface area contributed by atoms with Gasteiger partial charge in [-0.1, -0.05) is 43.7 Å². The molecule has 0 unspecified atom stereocenters. The lowest BCUT2D eigenvalue weighted by Gasteiger charge is -2.41. The third-order valence-corrected chi connectivity index (χ3v) is 7.07. The molecule has 4 amide bonds. The van der Waals surface area contributed by atoms with E-state index in [0.29, 0.717) is 44.9 Å². The number of hydrogen-bond acceptors (Lipinski definition) is 4. The number of piperidine rings is 1. The molecule has 0 radical (unpaired) electrons. The summed E-state index contributed by atoms with van der Waals surface area (Å²) in [4.78, 5) is 44.6. The second-order valence-electron chi connectivity index (χ2n) is 10.4. The van der Waals surface area contributed by atoms with E-state index >= 15 is 0 Å². The minimum atomic E-state index is -0.848. The van der Waals surface area contributed by atoms with Gasteiger partial charge in [-0.2, -0.15) is 0 Å². The molecule has 0 aliphatic carbocycles. The summed E-state index contributed by atoms with van der Waals surface area (Å²) in [5, 5.41) is 3.12. The first-order chi connectivity index (χ1) is 15.6. The predicted octanol–water partition coefficient (Wildman–Crippen LogP) is 3.06. The fourth-order valence-electron chi connectivity index (χ4n) is 5.04. The minimum absolute atomic E-state index is 0.0417. The van der Waals surface area contributed by atoms with Crippen molar-refractivity contribution in [3.63, 3.8) is 0 Å². The fourth-order valence-corrected chi connectivity index (χ4v) is 5.04. The number of urea groups is 1. The number of carbonyl (C=O) groups excluding carboxylic acids is 3. The van der Waals surface area contributed by atoms with Crippen molar-refractivity contribution < 1.29 is 14.4 Å². The number of amides is 4. The molecular weight excluding hydrogens is 416 g/mol. The quantitative estimate of drug-likeness (QED) is 0.580. The SMILES string of the molecule is Cc1cccc(CC(=O)N2CCC([C@@]3(CCC(C)C)NC(=O)N(CCN(C)C)C3=O)CC2)c1. The van der Waals surface area contributed by atoms with Crippen LogP contribution in [0.25, 0.3) is 0 Å². The number of likely N-dealkylation sites (tertiary alicyclic amines) is 1. The Bertz CT molecular complexity index is 861. The molecule has 2 aliphatic heterocycles. The molecule has 0 aromatic heterocycles. The highest BCUT2D eigenvalue weighted by molar-refractivity contribution is 6.07. The van der Waals surface area contributed by atoms with Crippen LogP contribution in [0.1, 0.15) is 50.7 Å². The lowest BCUT2D eigenvalue weighted by atomic mass is 9.73. The number of nitrogens with one attached hydrogen (secondary N) is 1. The fraction of sp³-hybridized carbons (Fsp3) is 0.654. The maximum absolute atomic E-state index is 13.6. The van der Waals surface area contributed by atoms with E-state index in [1.54, 1.807) is 0 Å². The topological polar surface area (TPSA) is 73.0 Å². The van der Waals surface area contributed by atoms with Gasteiger partial charge in [0.05, 0.1) is 6.42 Å². The van der Waals surface area contributed by atoms with E-state index in [1.165, 1.54) is 4.90 Å². The first kappa shape index (κ1) is 25.2. The Labute approximate surface area is 198 Å². The maximum atomic E-state index is 13.6. The molecule has 7 nitrogen and oxygen atoms in total. The molecule has 1 N–H and O–H groups in total. The molecule has 1 aromatic carbocycles. The average molecular weight is 457 g/mol. The molecule has 0 saturated carbocycles. The van der Waals surface area contributed by atoms with Gasteiger partial charge in [0.1, 0.15) is 5.54 Å². The zero-order valence-corrected chi connectivity index (χ0v) is 20.9. The van der Waals surface area contributed by atoms with Gasteiger partial charge in [-0.25, -0.2) is 4.79 Å². The van der Waals surface area contributed by atoms with Gasteiger partial charge >= 0.3 is 6.03 Å². The Morgan fingerprint density at radius 1 is 1.21 bits per heavy atom. The number of hydrogen-bond donors (Lipinski definition) is 1. The van der Waals surface area contributed by atoms with Crippen molar-refractivity contribution >= 4 is 17.8 Å². The van der Waals surface area contributed by atoms with Gasteiger partial charge < -0.3 is 15.1 Å². The van der Waals surface area contributed by atoms with Gasteiger partial charge in [-0.15, -0.1) is 0 Å². The highest BCUT2D eigenvalue weighted by Crippen LogP contribution is 2.38. The highest BCUT2D eigenvalue weighted by Gasteiger charge is 2.55. The smallest absolute Gasteiger partial charge is 0.325 e. The van der Waals surface area contributed by atoms with Crippen LogP contribution in [0.3, 0.4) is 0 Å². The molecule has 1 aromatic rings. The van der Waals surface area contributed by atoms with Crippen molar-refractivity contribution in [2.24, 2.45) is 11.8 Å². The zero-order chi connectivity index (χ0) is 24.2. The minimum Gasteiger partial charge on any atom is -0.342 e. The number of aryl methyl sites for hydroxylation is 1. The third kappa shape index (κ3) is 5.94. The number of rotatable bonds is 9. The standard InChI is InChI=1S/C26H40N4O3/c1-19(2)9-12-26(24(32)30(25(33)27-26)16-15-28(4)5)22-10-13-29(14-11-22)23(31)18-21-8-6-7-20(3)17-21/h6-8,17,19,22H,9-16,18H2,1-5H3,(H,27,33)/t26-/m1/s1. The summed E-state index contributed by atoms with van der Waals surface area (Å²) in [5.74, 6) is 0.530. The van der Waals surface area contributed by atoms with E-state index in [4.69, 9.17) is 0 Å². The van der Waals surface area contributed by atoms with Crippen LogP contribution in [0.2, 0.25) is 0 Å². The van der Waals surface area contributed by atoms with Crippen LogP contribution in [0, 0.1) is 18.8 Å². The average Bonchev–Trinajstić information content (AvgIpc) is 3.01. The second kappa shape index (κ2) is 10.7. The van der Waals surface area contributed by atoms with Crippen molar-refractivity contribution in [3.05, 3.63) is 35.4 Å². The van der Waals surface area contributed by atoms with Gasteiger partial charge in [-0.3, -0.25) is 14.5 Å². The van der Waals surface area contributed by atoms with E-state index in [0.717, 1.165) is 30.4 Å². The van der Waals surface area contributed by atoms with Crippen LogP contribution in [-0.4, -0.2) is 78.4 Å². The molecule has 2 heterocycles. The van der Waals surface area contributed by atoms with Crippen LogP contribution >= 0.6 is 0 Å². The molecule has 1 atom stereocenters. The highest BCUT2D eigenvalue weighted by atomic mass is 16.2. The van der Waals surface area contributed by atoms with Crippen molar-refractivity contribution in [2.75, 3.05) is 40.3 Å². The summed E-state index contributed by atoms with van der Waals surface area (Å²) >= 11 is 0. The Morgan fingerprint density at radius 2 is 1.91 bits per heavy atom. The van der Waals surface area contributed by atoms with Crippen molar-refractivity contribution in [1.29, 1.82) is 0 Å². The van der Waals surface area contributed by atoms with E-state index in [2.05, 4.69) is 25.2 Å². The second-order valence-corrected chi connectivity index (χ2v) is 10.4. The molecule has 0 spiro atoms. The third-order valence-electron chi connectivity index (χ3n) is 7.07. The van der Waals surface area contributed by atoms with Crippen molar-refractivity contribution in [1.82, 2.24) is 20.0 Å². The van der Waals surface area contributed by atoms with Crippen LogP contribution < -0.4 is 5.32 Å². The number of benzene rings is 1. The number of nitrogens with zero attached hydrogens (tertiary/aromatic N) is 3. The monoisotopic (exact) mass is 456 g/mol. The Morgan fingerprint density at radius 3 is 2.52 bits per heavy atom. The molecule has 2 saturated heterocycles. The van der Waals surface area contributed by atoms with Crippen LogP contribution in [0.15, 0.2) is 24.3 Å². The van der Waals surface area contributed by atoms with Gasteiger partial charge in [-0.05, 0) is 64.1 Å². The van der Waals surface area contributed by atoms with Crippen LogP contribution in [0.4, 0.5) is 4.79 Å². The summed E-state index contributed by atoms with van der Waals surface area (Å²) in [6.07, 6.45) is 3.38. The summed E-state index contributed by atoms with van der Waals surface area (Å²) in [7, 11) is 3.88. The number of imide groups is 1. The lowest BCUT2D eigenvalue weighted by Crippen LogP contribution is -2.57. The molecular formula is C26H40N4O3. The normalized spacial score (nSPS) is 21.9. The van der Waals surface area contributed by atoms with Crippen LogP contribution in [0.5, 0.6) is 0 Å². The van der Waals surface area contributed by atoms with E-state index in [-0.39, 0.29) is 23.8 Å². The molecule has 182 valence electrons. The van der Waals surface area contributed by atoms with Crippen molar-refractivity contribution in [3.8, 4) is 0 Å². The Kier molecular flexibility index (Phi) is 8.16. The van der Waals surface area contributed by atoms with E-state index in [9.17, 15) is 14.4 Å². The van der Waals surface area contributed by atoms with Gasteiger partial charge in [0.15, 0.2) is 0 Å². The molecule has 7 heteroatoms. The van der Waals surface area contributed by atoms with Crippen LogP contribution in [-0.2, 0) is 16.0 Å². The van der Waals surface area contributed by atoms with E-state index < -0.39 is 5.54 Å². The largest absolute Gasteiger partial charge is 0.342 e. The van der Waals surface area contributed by atoms with Gasteiger partial charge in [0, 0.05) is 26.2 Å². The molecule has 33 heavy (non-hydrogen) atoms. The molecule has 2 fully saturated rings. The first-order valence-corrected chi connectivity index (χ1v) is 12.2. The summed E-state index contributed by atoms with van der Waals surface area (Å²) in [6, 6.07) is 7.79. The number of likely N-dealkylation sites (N-methyl/N-ethyl adjacent to an activating group) is 1. The Balaban J connectivity index is 1.69. The van der Waals surface area contributed by atoms with Gasteiger partial charge in [0.2, 0.25) is 5.91 Å². The summed E-state index contributed by atoms with van der Waals surface area (Å²) < 4.78 is 0. The predicted molar refractivity (Wildman–Crippen MR) is 130 cm³/mol. The van der Waals surface area contributed by atoms with Gasteiger partial charge in [0.25, 0.3) is 5.91 Å². The molecule has 3 rings (SSSR count). The number of carbonyl (C=O) groups is 3. The molecule has 0 bridgehead atoms. The molecule has 2 aliphatic rings. The van der Waals surface area contributed by atoms with Crippen molar-refractivity contribution in [2.45, 2.75) is 58.4 Å². The summed E-state index contributed by atoms with van der Waals surface area (Å²) in [5.41, 5.74) is 1.34. The first-order valence-electron chi connectivity index (χ1n) is 12.2. The zero-order valence-electron chi connectivity index (χ0n) is 20.9. The maximum Gasteiger partial charge on any atom is 0.325 e. The van der Waals surface area contributed by atoms with E-state index in [1.807, 2.05) is 49.0 Å². The Hall–Kier alpha value is -2.41.